The maximum atomic E-state index is 12.1. The van der Waals surface area contributed by atoms with Crippen molar-refractivity contribution in [1.29, 1.82) is 0 Å². The van der Waals surface area contributed by atoms with E-state index in [1.807, 2.05) is 31.2 Å². The van der Waals surface area contributed by atoms with Gasteiger partial charge >= 0.3 is 5.97 Å². The summed E-state index contributed by atoms with van der Waals surface area (Å²) in [6, 6.07) is 7.60. The summed E-state index contributed by atoms with van der Waals surface area (Å²) in [6.45, 7) is 6.37. The van der Waals surface area contributed by atoms with E-state index in [1.54, 1.807) is 0 Å². The Morgan fingerprint density at radius 1 is 0.913 bits per heavy atom. The third-order valence-corrected chi connectivity index (χ3v) is 4.40. The quantitative estimate of drug-likeness (QED) is 0.326. The smallest absolute Gasteiger partial charge is 0.338 e. The molecule has 1 rings (SSSR count). The monoisotopic (exact) mass is 318 g/mol. The van der Waals surface area contributed by atoms with Crippen molar-refractivity contribution in [3.63, 3.8) is 0 Å². The molecule has 0 N–H and O–H groups in total. The van der Waals surface area contributed by atoms with Crippen LogP contribution in [0.3, 0.4) is 0 Å². The van der Waals surface area contributed by atoms with Gasteiger partial charge in [-0.2, -0.15) is 0 Å². The van der Waals surface area contributed by atoms with Crippen LogP contribution in [0.2, 0.25) is 0 Å². The van der Waals surface area contributed by atoms with Gasteiger partial charge in [-0.1, -0.05) is 76.5 Å². The maximum Gasteiger partial charge on any atom is 0.338 e. The van der Waals surface area contributed by atoms with Gasteiger partial charge in [-0.3, -0.25) is 0 Å². The first-order chi connectivity index (χ1) is 11.2. The molecule has 1 aromatic carbocycles. The molecule has 1 aromatic rings. The highest BCUT2D eigenvalue weighted by molar-refractivity contribution is 5.89. The SMILES string of the molecule is CCCCCCCCCCC(CC)OC(=O)c1ccc(C)cc1. The number of hydrogen-bond donors (Lipinski definition) is 0. The zero-order valence-corrected chi connectivity index (χ0v) is 15.3. The average Bonchev–Trinajstić information content (AvgIpc) is 2.56. The Hall–Kier alpha value is -1.31. The van der Waals surface area contributed by atoms with Crippen molar-refractivity contribution in [2.45, 2.75) is 91.1 Å². The van der Waals surface area contributed by atoms with Crippen LogP contribution in [0.4, 0.5) is 0 Å². The molecule has 0 saturated carbocycles. The zero-order valence-electron chi connectivity index (χ0n) is 15.3. The van der Waals surface area contributed by atoms with Gasteiger partial charge in [0.25, 0.3) is 0 Å². The Bertz CT molecular complexity index is 422. The molecule has 130 valence electrons. The number of benzene rings is 1. The summed E-state index contributed by atoms with van der Waals surface area (Å²) in [5, 5.41) is 0. The first-order valence-corrected chi connectivity index (χ1v) is 9.45. The molecule has 1 atom stereocenters. The van der Waals surface area contributed by atoms with E-state index >= 15 is 0 Å². The van der Waals surface area contributed by atoms with Crippen LogP contribution in [0.1, 0.15) is 94.0 Å². The van der Waals surface area contributed by atoms with Crippen molar-refractivity contribution in [1.82, 2.24) is 0 Å². The topological polar surface area (TPSA) is 26.3 Å². The number of carbonyl (C=O) groups is 1. The maximum absolute atomic E-state index is 12.1. The standard InChI is InChI=1S/C21H34O2/c1-4-6-7-8-9-10-11-12-13-20(5-2)23-21(22)19-16-14-18(3)15-17-19/h14-17,20H,4-13H2,1-3H3. The number of rotatable bonds is 12. The fourth-order valence-corrected chi connectivity index (χ4v) is 2.76. The number of unbranched alkanes of at least 4 members (excludes halogenated alkanes) is 7. The van der Waals surface area contributed by atoms with Crippen molar-refractivity contribution >= 4 is 5.97 Å². The van der Waals surface area contributed by atoms with Gasteiger partial charge in [-0.15, -0.1) is 0 Å². The predicted molar refractivity (Wildman–Crippen MR) is 97.9 cm³/mol. The number of aryl methyl sites for hydroxylation is 1. The number of carbonyl (C=O) groups excluding carboxylic acids is 1. The molecule has 0 heterocycles. The van der Waals surface area contributed by atoms with Crippen LogP contribution in [0.25, 0.3) is 0 Å². The van der Waals surface area contributed by atoms with E-state index < -0.39 is 0 Å². The Kier molecular flexibility index (Phi) is 10.4. The van der Waals surface area contributed by atoms with E-state index in [-0.39, 0.29) is 12.1 Å². The van der Waals surface area contributed by atoms with Gasteiger partial charge in [0.2, 0.25) is 0 Å². The van der Waals surface area contributed by atoms with Gasteiger partial charge in [-0.05, 0) is 38.3 Å². The molecular weight excluding hydrogens is 284 g/mol. The molecule has 0 fully saturated rings. The second kappa shape index (κ2) is 12.2. The molecule has 0 aromatic heterocycles. The largest absolute Gasteiger partial charge is 0.459 e. The molecule has 0 aliphatic carbocycles. The molecule has 2 nitrogen and oxygen atoms in total. The van der Waals surface area contributed by atoms with Gasteiger partial charge in [0.15, 0.2) is 0 Å². The summed E-state index contributed by atoms with van der Waals surface area (Å²) in [5.41, 5.74) is 1.82. The zero-order chi connectivity index (χ0) is 16.9. The van der Waals surface area contributed by atoms with Crippen molar-refractivity contribution in [3.8, 4) is 0 Å². The van der Waals surface area contributed by atoms with E-state index in [9.17, 15) is 4.79 Å². The number of hydrogen-bond acceptors (Lipinski definition) is 2. The van der Waals surface area contributed by atoms with Gasteiger partial charge in [-0.25, -0.2) is 4.79 Å². The summed E-state index contributed by atoms with van der Waals surface area (Å²) < 4.78 is 5.65. The van der Waals surface area contributed by atoms with E-state index in [0.717, 1.165) is 24.8 Å². The molecular formula is C21H34O2. The van der Waals surface area contributed by atoms with Crippen molar-refractivity contribution in [3.05, 3.63) is 35.4 Å². The molecule has 0 amide bonds. The van der Waals surface area contributed by atoms with Crippen LogP contribution in [-0.2, 0) is 4.74 Å². The Balaban J connectivity index is 2.18. The fraction of sp³-hybridized carbons (Fsp3) is 0.667. The van der Waals surface area contributed by atoms with Crippen molar-refractivity contribution < 1.29 is 9.53 Å². The highest BCUT2D eigenvalue weighted by Crippen LogP contribution is 2.15. The summed E-state index contributed by atoms with van der Waals surface area (Å²) in [7, 11) is 0. The number of ether oxygens (including phenoxy) is 1. The predicted octanol–water partition coefficient (Wildman–Crippen LogP) is 6.46. The lowest BCUT2D eigenvalue weighted by Gasteiger charge is -2.16. The highest BCUT2D eigenvalue weighted by atomic mass is 16.5. The molecule has 0 spiro atoms. The normalized spacial score (nSPS) is 12.1. The lowest BCUT2D eigenvalue weighted by molar-refractivity contribution is 0.0267. The van der Waals surface area contributed by atoms with Crippen LogP contribution >= 0.6 is 0 Å². The minimum atomic E-state index is -0.184. The van der Waals surface area contributed by atoms with Crippen molar-refractivity contribution in [2.24, 2.45) is 0 Å². The van der Waals surface area contributed by atoms with E-state index in [1.165, 1.54) is 44.9 Å². The first kappa shape index (κ1) is 19.7. The first-order valence-electron chi connectivity index (χ1n) is 9.45. The van der Waals surface area contributed by atoms with E-state index in [4.69, 9.17) is 4.74 Å². The molecule has 0 bridgehead atoms. The molecule has 23 heavy (non-hydrogen) atoms. The summed E-state index contributed by atoms with van der Waals surface area (Å²) in [5.74, 6) is -0.184. The van der Waals surface area contributed by atoms with Crippen LogP contribution in [0.15, 0.2) is 24.3 Å². The average molecular weight is 319 g/mol. The second-order valence-electron chi connectivity index (χ2n) is 6.57. The summed E-state index contributed by atoms with van der Waals surface area (Å²) in [4.78, 5) is 12.1. The van der Waals surface area contributed by atoms with Crippen molar-refractivity contribution in [2.75, 3.05) is 0 Å². The summed E-state index contributed by atoms with van der Waals surface area (Å²) >= 11 is 0. The minimum absolute atomic E-state index is 0.0592. The third kappa shape index (κ3) is 8.78. The second-order valence-corrected chi connectivity index (χ2v) is 6.57. The van der Waals surface area contributed by atoms with Crippen LogP contribution < -0.4 is 0 Å². The van der Waals surface area contributed by atoms with Crippen LogP contribution in [-0.4, -0.2) is 12.1 Å². The molecule has 0 aliphatic rings. The van der Waals surface area contributed by atoms with Gasteiger partial charge < -0.3 is 4.74 Å². The van der Waals surface area contributed by atoms with Crippen LogP contribution in [0, 0.1) is 6.92 Å². The molecule has 0 saturated heterocycles. The van der Waals surface area contributed by atoms with E-state index in [2.05, 4.69) is 13.8 Å². The van der Waals surface area contributed by atoms with Crippen LogP contribution in [0.5, 0.6) is 0 Å². The minimum Gasteiger partial charge on any atom is -0.459 e. The molecule has 2 heteroatoms. The molecule has 0 aliphatic heterocycles. The lowest BCUT2D eigenvalue weighted by atomic mass is 10.0. The van der Waals surface area contributed by atoms with Gasteiger partial charge in [0.05, 0.1) is 5.56 Å². The third-order valence-electron chi connectivity index (χ3n) is 4.40. The lowest BCUT2D eigenvalue weighted by Crippen LogP contribution is -2.17. The van der Waals surface area contributed by atoms with Gasteiger partial charge in [0, 0.05) is 0 Å². The molecule has 1 unspecified atom stereocenters. The highest BCUT2D eigenvalue weighted by Gasteiger charge is 2.14. The molecule has 0 radical (unpaired) electrons. The Labute approximate surface area is 142 Å². The number of esters is 1. The van der Waals surface area contributed by atoms with Gasteiger partial charge in [0.1, 0.15) is 6.10 Å². The fourth-order valence-electron chi connectivity index (χ4n) is 2.76. The Morgan fingerprint density at radius 2 is 1.48 bits per heavy atom. The van der Waals surface area contributed by atoms with E-state index in [0.29, 0.717) is 5.56 Å². The summed E-state index contributed by atoms with van der Waals surface area (Å²) in [6.07, 6.45) is 12.4. The Morgan fingerprint density at radius 3 is 2.04 bits per heavy atom.